The molecule has 1 aromatic carbocycles. The lowest BCUT2D eigenvalue weighted by atomic mass is 10.2. The van der Waals surface area contributed by atoms with Crippen LogP contribution < -0.4 is 15.8 Å². The maximum absolute atomic E-state index is 12.0. The van der Waals surface area contributed by atoms with Gasteiger partial charge in [0.25, 0.3) is 0 Å². The van der Waals surface area contributed by atoms with Gasteiger partial charge in [-0.25, -0.2) is 13.1 Å². The summed E-state index contributed by atoms with van der Waals surface area (Å²) in [5.41, 5.74) is 6.67. The molecule has 0 aliphatic rings. The molecule has 0 heterocycles. The van der Waals surface area contributed by atoms with Crippen molar-refractivity contribution in [2.75, 3.05) is 18.8 Å². The number of nitrogens with one attached hydrogen (secondary N) is 2. The molecule has 0 radical (unpaired) electrons. The van der Waals surface area contributed by atoms with E-state index in [1.807, 2.05) is 0 Å². The van der Waals surface area contributed by atoms with Gasteiger partial charge < -0.3 is 11.1 Å². The highest BCUT2D eigenvalue weighted by atomic mass is 35.5. The fraction of sp³-hybridized carbons (Fsp3) is 0.364. The molecule has 0 aliphatic carbocycles. The third kappa shape index (κ3) is 4.09. The Morgan fingerprint density at radius 1 is 1.42 bits per heavy atom. The number of benzene rings is 1. The summed E-state index contributed by atoms with van der Waals surface area (Å²) in [6, 6.07) is 2.75. The van der Waals surface area contributed by atoms with Gasteiger partial charge in [-0.3, -0.25) is 4.79 Å². The standard InChI is InChI=1S/C11H16ClN3O3S/c1-3-14-11(16)6-15-19(17,18)10-5-9(13)7(2)4-8(10)12/h4-5,15H,3,6,13H2,1-2H3,(H,14,16). The summed E-state index contributed by atoms with van der Waals surface area (Å²) in [4.78, 5) is 11.1. The molecule has 0 bridgehead atoms. The van der Waals surface area contributed by atoms with Crippen LogP contribution >= 0.6 is 11.6 Å². The van der Waals surface area contributed by atoms with E-state index in [4.69, 9.17) is 17.3 Å². The molecule has 1 amide bonds. The smallest absolute Gasteiger partial charge is 0.242 e. The molecule has 1 aromatic rings. The molecule has 8 heteroatoms. The van der Waals surface area contributed by atoms with Gasteiger partial charge in [-0.15, -0.1) is 0 Å². The zero-order valence-corrected chi connectivity index (χ0v) is 12.2. The molecular weight excluding hydrogens is 290 g/mol. The van der Waals surface area contributed by atoms with E-state index in [0.29, 0.717) is 17.8 Å². The van der Waals surface area contributed by atoms with Crippen LogP contribution in [0.25, 0.3) is 0 Å². The van der Waals surface area contributed by atoms with Crippen molar-refractivity contribution in [3.8, 4) is 0 Å². The van der Waals surface area contributed by atoms with E-state index in [-0.39, 0.29) is 16.5 Å². The lowest BCUT2D eigenvalue weighted by molar-refractivity contribution is -0.119. The minimum absolute atomic E-state index is 0.0649. The molecule has 0 atom stereocenters. The van der Waals surface area contributed by atoms with Gasteiger partial charge in [-0.05, 0) is 31.5 Å². The predicted molar refractivity (Wildman–Crippen MR) is 74.5 cm³/mol. The lowest BCUT2D eigenvalue weighted by Gasteiger charge is -2.10. The number of carbonyl (C=O) groups is 1. The second-order valence-electron chi connectivity index (χ2n) is 3.92. The number of nitrogens with two attached hydrogens (primary N) is 1. The highest BCUT2D eigenvalue weighted by Gasteiger charge is 2.19. The van der Waals surface area contributed by atoms with Crippen LogP contribution in [-0.4, -0.2) is 27.4 Å². The van der Waals surface area contributed by atoms with Gasteiger partial charge in [-0.2, -0.15) is 0 Å². The third-order valence-electron chi connectivity index (χ3n) is 2.41. The van der Waals surface area contributed by atoms with Crippen molar-refractivity contribution in [2.45, 2.75) is 18.7 Å². The topological polar surface area (TPSA) is 101 Å². The van der Waals surface area contributed by atoms with Crippen LogP contribution in [0.3, 0.4) is 0 Å². The van der Waals surface area contributed by atoms with E-state index in [1.165, 1.54) is 12.1 Å². The molecule has 19 heavy (non-hydrogen) atoms. The molecule has 0 aliphatic heterocycles. The van der Waals surface area contributed by atoms with Crippen LogP contribution in [0.4, 0.5) is 5.69 Å². The second-order valence-corrected chi connectivity index (χ2v) is 6.06. The second kappa shape index (κ2) is 6.23. The average molecular weight is 306 g/mol. The minimum Gasteiger partial charge on any atom is -0.398 e. The molecule has 0 fully saturated rings. The summed E-state index contributed by atoms with van der Waals surface area (Å²) in [5.74, 6) is -0.415. The number of likely N-dealkylation sites (N-methyl/N-ethyl adjacent to an activating group) is 1. The quantitative estimate of drug-likeness (QED) is 0.695. The Balaban J connectivity index is 2.95. The number of anilines is 1. The molecule has 106 valence electrons. The molecule has 0 aromatic heterocycles. The van der Waals surface area contributed by atoms with Crippen molar-refractivity contribution in [2.24, 2.45) is 0 Å². The van der Waals surface area contributed by atoms with Gasteiger partial charge in [0.05, 0.1) is 11.6 Å². The Bertz CT molecular complexity index is 587. The van der Waals surface area contributed by atoms with E-state index in [9.17, 15) is 13.2 Å². The van der Waals surface area contributed by atoms with Crippen LogP contribution in [0, 0.1) is 6.92 Å². The van der Waals surface area contributed by atoms with Crippen LogP contribution in [0.1, 0.15) is 12.5 Å². The Morgan fingerprint density at radius 2 is 2.05 bits per heavy atom. The van der Waals surface area contributed by atoms with Crippen molar-refractivity contribution < 1.29 is 13.2 Å². The fourth-order valence-electron chi connectivity index (χ4n) is 1.37. The molecule has 0 unspecified atom stereocenters. The Hall–Kier alpha value is -1.31. The number of halogens is 1. The van der Waals surface area contributed by atoms with E-state index in [1.54, 1.807) is 13.8 Å². The lowest BCUT2D eigenvalue weighted by Crippen LogP contribution is -2.36. The van der Waals surface area contributed by atoms with Gasteiger partial charge in [0.2, 0.25) is 15.9 Å². The van der Waals surface area contributed by atoms with E-state index >= 15 is 0 Å². The number of rotatable bonds is 5. The SMILES string of the molecule is CCNC(=O)CNS(=O)(=O)c1cc(N)c(C)cc1Cl. The Labute approximate surface area is 117 Å². The van der Waals surface area contributed by atoms with Crippen LogP contribution in [0.5, 0.6) is 0 Å². The first-order valence-electron chi connectivity index (χ1n) is 5.60. The molecule has 1 rings (SSSR count). The normalized spacial score (nSPS) is 11.3. The maximum atomic E-state index is 12.0. The summed E-state index contributed by atoms with van der Waals surface area (Å²) >= 11 is 5.89. The Kier molecular flexibility index (Phi) is 5.16. The zero-order chi connectivity index (χ0) is 14.6. The van der Waals surface area contributed by atoms with Crippen molar-refractivity contribution in [3.05, 3.63) is 22.7 Å². The summed E-state index contributed by atoms with van der Waals surface area (Å²) in [6.07, 6.45) is 0. The Morgan fingerprint density at radius 3 is 2.63 bits per heavy atom. The zero-order valence-electron chi connectivity index (χ0n) is 10.7. The number of amides is 1. The number of nitrogen functional groups attached to an aromatic ring is 1. The first kappa shape index (κ1) is 15.7. The highest BCUT2D eigenvalue weighted by Crippen LogP contribution is 2.26. The van der Waals surface area contributed by atoms with Gasteiger partial charge in [-0.1, -0.05) is 11.6 Å². The van der Waals surface area contributed by atoms with Gasteiger partial charge >= 0.3 is 0 Å². The largest absolute Gasteiger partial charge is 0.398 e. The van der Waals surface area contributed by atoms with Crippen molar-refractivity contribution in [1.82, 2.24) is 10.0 Å². The fourth-order valence-corrected chi connectivity index (χ4v) is 2.97. The summed E-state index contributed by atoms with van der Waals surface area (Å²) in [7, 11) is -3.87. The minimum atomic E-state index is -3.87. The third-order valence-corrected chi connectivity index (χ3v) is 4.27. The molecule has 0 spiro atoms. The molecule has 0 saturated carbocycles. The first-order chi connectivity index (χ1) is 8.77. The van der Waals surface area contributed by atoms with Crippen LogP contribution in [0.15, 0.2) is 17.0 Å². The molecule has 6 nitrogen and oxygen atoms in total. The average Bonchev–Trinajstić information content (AvgIpc) is 2.31. The number of hydrogen-bond acceptors (Lipinski definition) is 4. The van der Waals surface area contributed by atoms with Crippen molar-refractivity contribution >= 4 is 33.2 Å². The van der Waals surface area contributed by atoms with Crippen molar-refractivity contribution in [1.29, 1.82) is 0 Å². The first-order valence-corrected chi connectivity index (χ1v) is 7.46. The predicted octanol–water partition coefficient (Wildman–Crippen LogP) is 0.645. The monoisotopic (exact) mass is 305 g/mol. The molecule has 4 N–H and O–H groups in total. The summed E-state index contributed by atoms with van der Waals surface area (Å²) in [5, 5.41) is 2.55. The number of carbonyl (C=O) groups excluding carboxylic acids is 1. The van der Waals surface area contributed by atoms with Crippen LogP contribution in [0.2, 0.25) is 5.02 Å². The summed E-state index contributed by atoms with van der Waals surface area (Å²) in [6.45, 7) is 3.54. The van der Waals surface area contributed by atoms with E-state index < -0.39 is 15.9 Å². The van der Waals surface area contributed by atoms with Crippen molar-refractivity contribution in [3.63, 3.8) is 0 Å². The number of hydrogen-bond donors (Lipinski definition) is 3. The van der Waals surface area contributed by atoms with E-state index in [0.717, 1.165) is 0 Å². The molecule has 0 saturated heterocycles. The number of aryl methyl sites for hydroxylation is 1. The highest BCUT2D eigenvalue weighted by molar-refractivity contribution is 7.89. The van der Waals surface area contributed by atoms with Crippen LogP contribution in [-0.2, 0) is 14.8 Å². The van der Waals surface area contributed by atoms with Gasteiger partial charge in [0.15, 0.2) is 0 Å². The van der Waals surface area contributed by atoms with Gasteiger partial charge in [0.1, 0.15) is 4.90 Å². The number of sulfonamides is 1. The summed E-state index contributed by atoms with van der Waals surface area (Å²) < 4.78 is 26.2. The van der Waals surface area contributed by atoms with Gasteiger partial charge in [0, 0.05) is 12.2 Å². The maximum Gasteiger partial charge on any atom is 0.242 e. The van der Waals surface area contributed by atoms with E-state index in [2.05, 4.69) is 10.0 Å². The molecular formula is C11H16ClN3O3S.